The molecule has 2 rings (SSSR count). The first-order chi connectivity index (χ1) is 7.93. The van der Waals surface area contributed by atoms with Crippen LogP contribution in [-0.4, -0.2) is 34.0 Å². The highest BCUT2D eigenvalue weighted by atomic mass is 16.4. The highest BCUT2D eigenvalue weighted by Crippen LogP contribution is 2.40. The zero-order valence-electron chi connectivity index (χ0n) is 10.7. The van der Waals surface area contributed by atoms with Gasteiger partial charge in [-0.05, 0) is 38.5 Å². The highest BCUT2D eigenvalue weighted by Gasteiger charge is 2.46. The fourth-order valence-corrected chi connectivity index (χ4v) is 3.24. The topological polar surface area (TPSA) is 57.6 Å². The summed E-state index contributed by atoms with van der Waals surface area (Å²) in [7, 11) is 0. The maximum Gasteiger partial charge on any atom is 0.308 e. The molecule has 0 aromatic heterocycles. The number of piperidine rings is 1. The van der Waals surface area contributed by atoms with Crippen LogP contribution in [-0.2, 0) is 9.59 Å². The number of likely N-dealkylation sites (tertiary alicyclic amines) is 1. The van der Waals surface area contributed by atoms with Gasteiger partial charge in [0, 0.05) is 18.5 Å². The summed E-state index contributed by atoms with van der Waals surface area (Å²) >= 11 is 0. The molecular weight excluding hydrogens is 218 g/mol. The number of hydrogen-bond donors (Lipinski definition) is 1. The van der Waals surface area contributed by atoms with Gasteiger partial charge in [-0.3, -0.25) is 9.59 Å². The molecule has 0 aromatic rings. The quantitative estimate of drug-likeness (QED) is 0.816. The van der Waals surface area contributed by atoms with Gasteiger partial charge >= 0.3 is 5.97 Å². The number of nitrogens with zero attached hydrogens (tertiary/aromatic N) is 1. The standard InChI is InChI=1S/C13H21NO3/c1-7-6-11(15)14(8(2)10-4-5-10)9(3)12(7)13(16)17/h7-10,12H,4-6H2,1-3H3,(H,16,17). The molecule has 0 bridgehead atoms. The average Bonchev–Trinajstić information content (AvgIpc) is 2.97. The number of carboxylic acids is 1. The van der Waals surface area contributed by atoms with Gasteiger partial charge in [0.15, 0.2) is 0 Å². The second kappa shape index (κ2) is 4.31. The van der Waals surface area contributed by atoms with Crippen molar-refractivity contribution < 1.29 is 14.7 Å². The Kier molecular flexibility index (Phi) is 3.15. The van der Waals surface area contributed by atoms with Crippen molar-refractivity contribution in [2.45, 2.75) is 52.1 Å². The Balaban J connectivity index is 2.19. The molecule has 1 aliphatic heterocycles. The van der Waals surface area contributed by atoms with Crippen LogP contribution in [0.4, 0.5) is 0 Å². The van der Waals surface area contributed by atoms with Gasteiger partial charge in [0.05, 0.1) is 5.92 Å². The summed E-state index contributed by atoms with van der Waals surface area (Å²) in [4.78, 5) is 25.2. The molecule has 96 valence electrons. The maximum atomic E-state index is 12.1. The predicted octanol–water partition coefficient (Wildman–Crippen LogP) is 1.74. The number of carbonyl (C=O) groups excluding carboxylic acids is 1. The van der Waals surface area contributed by atoms with E-state index in [1.54, 1.807) is 0 Å². The maximum absolute atomic E-state index is 12.1. The van der Waals surface area contributed by atoms with E-state index in [2.05, 4.69) is 6.92 Å². The van der Waals surface area contributed by atoms with E-state index in [9.17, 15) is 14.7 Å². The first kappa shape index (κ1) is 12.4. The Labute approximate surface area is 102 Å². The van der Waals surface area contributed by atoms with Crippen molar-refractivity contribution in [3.8, 4) is 0 Å². The van der Waals surface area contributed by atoms with Crippen molar-refractivity contribution >= 4 is 11.9 Å². The Bertz CT molecular complexity index is 338. The second-order valence-corrected chi connectivity index (χ2v) is 5.67. The number of amides is 1. The van der Waals surface area contributed by atoms with Crippen LogP contribution < -0.4 is 0 Å². The van der Waals surface area contributed by atoms with Crippen LogP contribution in [0.1, 0.15) is 40.0 Å². The van der Waals surface area contributed by atoms with Crippen LogP contribution in [0.15, 0.2) is 0 Å². The molecule has 1 amide bonds. The second-order valence-electron chi connectivity index (χ2n) is 5.67. The summed E-state index contributed by atoms with van der Waals surface area (Å²) in [6.45, 7) is 5.80. The molecule has 1 N–H and O–H groups in total. The SMILES string of the molecule is CC1CC(=O)N(C(C)C2CC2)C(C)C1C(=O)O. The molecule has 4 heteroatoms. The van der Waals surface area contributed by atoms with Gasteiger partial charge in [-0.25, -0.2) is 0 Å². The van der Waals surface area contributed by atoms with Crippen LogP contribution in [0.2, 0.25) is 0 Å². The van der Waals surface area contributed by atoms with Gasteiger partial charge < -0.3 is 10.0 Å². The Morgan fingerprint density at radius 1 is 1.41 bits per heavy atom. The Morgan fingerprint density at radius 3 is 2.47 bits per heavy atom. The van der Waals surface area contributed by atoms with Crippen LogP contribution in [0.5, 0.6) is 0 Å². The summed E-state index contributed by atoms with van der Waals surface area (Å²) < 4.78 is 0. The molecule has 1 heterocycles. The van der Waals surface area contributed by atoms with Gasteiger partial charge in [0.1, 0.15) is 0 Å². The van der Waals surface area contributed by atoms with E-state index in [-0.39, 0.29) is 23.9 Å². The van der Waals surface area contributed by atoms with Crippen molar-refractivity contribution in [2.75, 3.05) is 0 Å². The molecule has 17 heavy (non-hydrogen) atoms. The molecule has 4 unspecified atom stereocenters. The van der Waals surface area contributed by atoms with Crippen molar-refractivity contribution in [2.24, 2.45) is 17.8 Å². The molecule has 2 aliphatic rings. The zero-order chi connectivity index (χ0) is 12.7. The number of rotatable bonds is 3. The van der Waals surface area contributed by atoms with E-state index in [1.807, 2.05) is 18.7 Å². The number of hydrogen-bond acceptors (Lipinski definition) is 2. The number of carboxylic acid groups (broad SMARTS) is 1. The molecule has 1 saturated carbocycles. The predicted molar refractivity (Wildman–Crippen MR) is 63.4 cm³/mol. The molecule has 0 spiro atoms. The lowest BCUT2D eigenvalue weighted by Crippen LogP contribution is -2.56. The van der Waals surface area contributed by atoms with Crippen molar-refractivity contribution in [3.05, 3.63) is 0 Å². The van der Waals surface area contributed by atoms with Crippen LogP contribution >= 0.6 is 0 Å². The molecule has 0 radical (unpaired) electrons. The third kappa shape index (κ3) is 2.17. The van der Waals surface area contributed by atoms with E-state index in [0.29, 0.717) is 12.3 Å². The molecular formula is C13H21NO3. The molecule has 4 nitrogen and oxygen atoms in total. The van der Waals surface area contributed by atoms with Crippen LogP contribution in [0.3, 0.4) is 0 Å². The van der Waals surface area contributed by atoms with E-state index < -0.39 is 11.9 Å². The summed E-state index contributed by atoms with van der Waals surface area (Å²) in [5, 5.41) is 9.28. The van der Waals surface area contributed by atoms with E-state index in [1.165, 1.54) is 12.8 Å². The lowest BCUT2D eigenvalue weighted by Gasteiger charge is -2.44. The Morgan fingerprint density at radius 2 is 2.00 bits per heavy atom. The van der Waals surface area contributed by atoms with Gasteiger partial charge in [-0.2, -0.15) is 0 Å². The number of carbonyl (C=O) groups is 2. The van der Waals surface area contributed by atoms with Gasteiger partial charge in [0.25, 0.3) is 0 Å². The van der Waals surface area contributed by atoms with Crippen LogP contribution in [0, 0.1) is 17.8 Å². The third-order valence-corrected chi connectivity index (χ3v) is 4.38. The van der Waals surface area contributed by atoms with Gasteiger partial charge in [0.2, 0.25) is 5.91 Å². The summed E-state index contributed by atoms with van der Waals surface area (Å²) in [6, 6.07) is 0.0196. The molecule has 4 atom stereocenters. The van der Waals surface area contributed by atoms with Gasteiger partial charge in [-0.15, -0.1) is 0 Å². The summed E-state index contributed by atoms with van der Waals surface area (Å²) in [5.74, 6) is -0.539. The van der Waals surface area contributed by atoms with Crippen molar-refractivity contribution in [1.29, 1.82) is 0 Å². The molecule has 2 fully saturated rings. The highest BCUT2D eigenvalue weighted by molar-refractivity contribution is 5.82. The summed E-state index contributed by atoms with van der Waals surface area (Å²) in [6.07, 6.45) is 2.72. The lowest BCUT2D eigenvalue weighted by molar-refractivity contribution is -0.157. The third-order valence-electron chi connectivity index (χ3n) is 4.38. The normalized spacial score (nSPS) is 35.8. The minimum Gasteiger partial charge on any atom is -0.481 e. The molecule has 1 aliphatic carbocycles. The van der Waals surface area contributed by atoms with E-state index in [0.717, 1.165) is 0 Å². The van der Waals surface area contributed by atoms with Gasteiger partial charge in [-0.1, -0.05) is 6.92 Å². The fourth-order valence-electron chi connectivity index (χ4n) is 3.24. The first-order valence-electron chi connectivity index (χ1n) is 6.47. The smallest absolute Gasteiger partial charge is 0.308 e. The van der Waals surface area contributed by atoms with E-state index >= 15 is 0 Å². The van der Waals surface area contributed by atoms with Crippen molar-refractivity contribution in [1.82, 2.24) is 4.90 Å². The largest absolute Gasteiger partial charge is 0.481 e. The van der Waals surface area contributed by atoms with E-state index in [4.69, 9.17) is 0 Å². The summed E-state index contributed by atoms with van der Waals surface area (Å²) in [5.41, 5.74) is 0. The lowest BCUT2D eigenvalue weighted by atomic mass is 9.80. The molecule has 1 saturated heterocycles. The average molecular weight is 239 g/mol. The Hall–Kier alpha value is -1.06. The fraction of sp³-hybridized carbons (Fsp3) is 0.846. The number of aliphatic carboxylic acids is 1. The van der Waals surface area contributed by atoms with Crippen molar-refractivity contribution in [3.63, 3.8) is 0 Å². The first-order valence-corrected chi connectivity index (χ1v) is 6.47. The van der Waals surface area contributed by atoms with Crippen LogP contribution in [0.25, 0.3) is 0 Å². The minimum absolute atomic E-state index is 0.0577. The monoisotopic (exact) mass is 239 g/mol. The minimum atomic E-state index is -0.773. The molecule has 0 aromatic carbocycles. The zero-order valence-corrected chi connectivity index (χ0v) is 10.7.